The van der Waals surface area contributed by atoms with E-state index in [2.05, 4.69) is 84.9 Å². The molecule has 8 aromatic rings. The van der Waals surface area contributed by atoms with Crippen molar-refractivity contribution in [2.45, 2.75) is 26.2 Å². The molecule has 0 unspecified atom stereocenters. The zero-order chi connectivity index (χ0) is 36.3. The minimum absolute atomic E-state index is 0. The van der Waals surface area contributed by atoms with Gasteiger partial charge in [-0.15, -0.1) is 53.6 Å². The number of hydrogen-bond acceptors (Lipinski definition) is 4. The number of hydrogen-bond donors (Lipinski definition) is 0. The van der Waals surface area contributed by atoms with Gasteiger partial charge < -0.3 is 19.1 Å². The van der Waals surface area contributed by atoms with Crippen molar-refractivity contribution in [3.8, 4) is 28.4 Å². The molecule has 6 aromatic carbocycles. The van der Waals surface area contributed by atoms with Crippen molar-refractivity contribution >= 4 is 44.6 Å². The maximum atomic E-state index is 15.2. The van der Waals surface area contributed by atoms with E-state index in [9.17, 15) is 4.39 Å². The van der Waals surface area contributed by atoms with Crippen LogP contribution in [0.3, 0.4) is 0 Å². The first kappa shape index (κ1) is 35.3. The van der Waals surface area contributed by atoms with Gasteiger partial charge in [-0.3, -0.25) is 0 Å². The van der Waals surface area contributed by atoms with Crippen molar-refractivity contribution in [2.24, 2.45) is 0 Å². The number of rotatable bonds is 6. The third kappa shape index (κ3) is 6.33. The molecular formula is C46H33F2N4OPt-3. The molecule has 0 saturated carbocycles. The van der Waals surface area contributed by atoms with E-state index in [0.717, 1.165) is 56.2 Å². The standard InChI is InChI=1S/C46H33F2N4O.Pt/c1-46(2,3)32-17-15-30(16-18-32)31-24-34(50-29-51(43-13-7-6-12-42(43)50)41-22-19-33(47)26-39(41)48)27-36(25-31)53-35-20-21-38-37-10-4-5-11-40(37)52(44(38)28-35)45-14-8-9-23-49-45;/h4-26,29H,1-3H3;/q-3;. The second-order valence-electron chi connectivity index (χ2n) is 14.1. The molecule has 0 aliphatic carbocycles. The number of ether oxygens (including phenoxy) is 1. The van der Waals surface area contributed by atoms with E-state index < -0.39 is 11.6 Å². The Morgan fingerprint density at radius 3 is 2.13 bits per heavy atom. The molecule has 0 N–H and O–H groups in total. The van der Waals surface area contributed by atoms with Gasteiger partial charge >= 0.3 is 0 Å². The van der Waals surface area contributed by atoms with Crippen LogP contribution < -0.4 is 14.5 Å². The van der Waals surface area contributed by atoms with E-state index >= 15 is 4.39 Å². The summed E-state index contributed by atoms with van der Waals surface area (Å²) in [5, 5.41) is 2.13. The Balaban J connectivity index is 0.00000413. The van der Waals surface area contributed by atoms with Crippen LogP contribution in [0.1, 0.15) is 26.3 Å². The SMILES string of the molecule is CC(C)(C)c1ccc(-c2cc(Oc3[c-]c4c(cc3)c3ccccc3n4-c3ccccn3)[c-]c(N3[CH-]N(c4ccc(F)cc4F)c4ccccc43)c2)cc1.[Pt]. The van der Waals surface area contributed by atoms with Crippen LogP contribution in [0.4, 0.5) is 31.5 Å². The van der Waals surface area contributed by atoms with Crippen LogP contribution in [-0.2, 0) is 26.5 Å². The summed E-state index contributed by atoms with van der Waals surface area (Å²) < 4.78 is 37.9. The number of para-hydroxylation sites is 3. The van der Waals surface area contributed by atoms with E-state index in [0.29, 0.717) is 17.2 Å². The average Bonchev–Trinajstić information content (AvgIpc) is 3.71. The molecule has 0 radical (unpaired) electrons. The number of pyridine rings is 1. The van der Waals surface area contributed by atoms with Gasteiger partial charge in [0.1, 0.15) is 17.5 Å². The number of aromatic nitrogens is 2. The molecule has 0 spiro atoms. The molecule has 1 aliphatic heterocycles. The molecular weight excluding hydrogens is 858 g/mol. The van der Waals surface area contributed by atoms with Crippen LogP contribution >= 0.6 is 0 Å². The van der Waals surface area contributed by atoms with Gasteiger partial charge in [0, 0.05) is 67.4 Å². The molecule has 3 heterocycles. The van der Waals surface area contributed by atoms with Crippen LogP contribution in [0.15, 0.2) is 140 Å². The maximum absolute atomic E-state index is 15.2. The first-order valence-electron chi connectivity index (χ1n) is 17.4. The van der Waals surface area contributed by atoms with E-state index in [1.54, 1.807) is 17.8 Å². The van der Waals surface area contributed by atoms with E-state index in [1.807, 2.05) is 77.7 Å². The Labute approximate surface area is 327 Å². The number of halogens is 2. The normalized spacial score (nSPS) is 12.6. The van der Waals surface area contributed by atoms with Gasteiger partial charge in [0.15, 0.2) is 0 Å². The van der Waals surface area contributed by atoms with Gasteiger partial charge in [0.25, 0.3) is 0 Å². The Hall–Kier alpha value is -5.78. The zero-order valence-electron chi connectivity index (χ0n) is 29.6. The Morgan fingerprint density at radius 1 is 0.648 bits per heavy atom. The van der Waals surface area contributed by atoms with Gasteiger partial charge in [0.05, 0.1) is 0 Å². The average molecular weight is 891 g/mol. The van der Waals surface area contributed by atoms with E-state index in [4.69, 9.17) is 4.74 Å². The molecule has 2 aromatic heterocycles. The monoisotopic (exact) mass is 890 g/mol. The first-order chi connectivity index (χ1) is 25.7. The molecule has 0 atom stereocenters. The van der Waals surface area contributed by atoms with Gasteiger partial charge in [-0.25, -0.2) is 13.8 Å². The molecule has 54 heavy (non-hydrogen) atoms. The summed E-state index contributed by atoms with van der Waals surface area (Å²) in [4.78, 5) is 8.33. The summed E-state index contributed by atoms with van der Waals surface area (Å²) in [6.45, 7) is 8.38. The van der Waals surface area contributed by atoms with Crippen molar-refractivity contribution in [3.63, 3.8) is 0 Å². The minimum atomic E-state index is -0.660. The van der Waals surface area contributed by atoms with Gasteiger partial charge in [-0.1, -0.05) is 87.0 Å². The third-order valence-corrected chi connectivity index (χ3v) is 9.63. The number of fused-ring (bicyclic) bond motifs is 4. The molecule has 9 rings (SSSR count). The number of nitrogens with zero attached hydrogens (tertiary/aromatic N) is 4. The number of anilines is 4. The van der Waals surface area contributed by atoms with Crippen LogP contribution in [0.25, 0.3) is 38.8 Å². The Kier molecular flexibility index (Phi) is 9.07. The van der Waals surface area contributed by atoms with Crippen molar-refractivity contribution in [3.05, 3.63) is 176 Å². The van der Waals surface area contributed by atoms with Crippen LogP contribution in [-0.4, -0.2) is 9.55 Å². The fourth-order valence-corrected chi connectivity index (χ4v) is 6.99. The Bertz CT molecular complexity index is 2650. The molecule has 270 valence electrons. The van der Waals surface area contributed by atoms with Crippen molar-refractivity contribution in [1.82, 2.24) is 9.55 Å². The van der Waals surface area contributed by atoms with Crippen molar-refractivity contribution in [2.75, 3.05) is 9.80 Å². The molecule has 8 heteroatoms. The Morgan fingerprint density at radius 2 is 1.39 bits per heavy atom. The molecule has 0 fully saturated rings. The van der Waals surface area contributed by atoms with Crippen LogP contribution in [0.5, 0.6) is 11.5 Å². The van der Waals surface area contributed by atoms with Crippen molar-refractivity contribution in [1.29, 1.82) is 0 Å². The predicted octanol–water partition coefficient (Wildman–Crippen LogP) is 12.2. The molecule has 0 amide bonds. The smallest absolute Gasteiger partial charge is 0.147 e. The summed E-state index contributed by atoms with van der Waals surface area (Å²) in [6.07, 6.45) is 1.78. The maximum Gasteiger partial charge on any atom is 0.147 e. The largest absolute Gasteiger partial charge is 0.509 e. The van der Waals surface area contributed by atoms with Crippen molar-refractivity contribution < 1.29 is 34.6 Å². The van der Waals surface area contributed by atoms with Gasteiger partial charge in [-0.05, 0) is 64.4 Å². The van der Waals surface area contributed by atoms with Gasteiger partial charge in [0.2, 0.25) is 0 Å². The minimum Gasteiger partial charge on any atom is -0.509 e. The molecule has 5 nitrogen and oxygen atoms in total. The third-order valence-electron chi connectivity index (χ3n) is 9.63. The van der Waals surface area contributed by atoms with E-state index in [-0.39, 0.29) is 32.2 Å². The fraction of sp³-hybridized carbons (Fsp3) is 0.0870. The topological polar surface area (TPSA) is 33.5 Å². The fourth-order valence-electron chi connectivity index (χ4n) is 6.99. The summed E-state index contributed by atoms with van der Waals surface area (Å²) in [5.41, 5.74) is 7.48. The molecule has 1 aliphatic rings. The van der Waals surface area contributed by atoms with Gasteiger partial charge in [-0.2, -0.15) is 6.07 Å². The quantitative estimate of drug-likeness (QED) is 0.156. The molecule has 0 bridgehead atoms. The summed E-state index contributed by atoms with van der Waals surface area (Å²) in [6, 6.07) is 49.0. The summed E-state index contributed by atoms with van der Waals surface area (Å²) in [7, 11) is 0. The summed E-state index contributed by atoms with van der Waals surface area (Å²) >= 11 is 0. The predicted molar refractivity (Wildman–Crippen MR) is 208 cm³/mol. The molecule has 0 saturated heterocycles. The van der Waals surface area contributed by atoms with E-state index in [1.165, 1.54) is 17.7 Å². The second kappa shape index (κ2) is 13.9. The second-order valence-corrected chi connectivity index (χ2v) is 14.1. The number of benzene rings is 6. The first-order valence-corrected chi connectivity index (χ1v) is 17.4. The zero-order valence-corrected chi connectivity index (χ0v) is 31.9. The van der Waals surface area contributed by atoms with Crippen LogP contribution in [0, 0.1) is 30.4 Å². The summed E-state index contributed by atoms with van der Waals surface area (Å²) in [5.74, 6) is 0.484. The van der Waals surface area contributed by atoms with Crippen LogP contribution in [0.2, 0.25) is 0 Å².